The van der Waals surface area contributed by atoms with Gasteiger partial charge in [-0.25, -0.2) is 0 Å². The summed E-state index contributed by atoms with van der Waals surface area (Å²) in [5.74, 6) is -0.162. The van der Waals surface area contributed by atoms with Crippen molar-refractivity contribution in [2.45, 2.75) is 4.33 Å². The Labute approximate surface area is 120 Å². The summed E-state index contributed by atoms with van der Waals surface area (Å²) in [6.07, 6.45) is 3.81. The first kappa shape index (κ1) is 13.8. The number of ketones is 2. The van der Waals surface area contributed by atoms with Crippen LogP contribution in [0, 0.1) is 0 Å². The van der Waals surface area contributed by atoms with Gasteiger partial charge in [0.1, 0.15) is 5.75 Å². The Bertz CT molecular complexity index is 559. The van der Waals surface area contributed by atoms with E-state index in [4.69, 9.17) is 27.9 Å². The van der Waals surface area contributed by atoms with Crippen molar-refractivity contribution < 1.29 is 14.3 Å². The molecule has 0 radical (unpaired) electrons. The van der Waals surface area contributed by atoms with Crippen molar-refractivity contribution in [2.75, 3.05) is 6.61 Å². The van der Waals surface area contributed by atoms with E-state index in [-0.39, 0.29) is 18.0 Å². The fraction of sp³-hybridized carbons (Fsp3) is 0.143. The normalized spacial score (nSPS) is 16.9. The van der Waals surface area contributed by atoms with Crippen LogP contribution in [0.25, 0.3) is 0 Å². The number of benzene rings is 1. The molecule has 0 amide bonds. The van der Waals surface area contributed by atoms with Crippen LogP contribution in [0.1, 0.15) is 0 Å². The van der Waals surface area contributed by atoms with Gasteiger partial charge in [0.05, 0.1) is 0 Å². The summed E-state index contributed by atoms with van der Waals surface area (Å²) in [5.41, 5.74) is 0.264. The average molecular weight is 297 g/mol. The van der Waals surface area contributed by atoms with E-state index < -0.39 is 10.1 Å². The van der Waals surface area contributed by atoms with Gasteiger partial charge in [0.2, 0.25) is 0 Å². The number of alkyl halides is 2. The fourth-order valence-corrected chi connectivity index (χ4v) is 1.87. The summed E-state index contributed by atoms with van der Waals surface area (Å²) >= 11 is 11.5. The molecule has 2 rings (SSSR count). The molecule has 0 aromatic heterocycles. The Balaban J connectivity index is 2.02. The number of halogens is 2. The lowest BCUT2D eigenvalue weighted by Crippen LogP contribution is -2.27. The van der Waals surface area contributed by atoms with Crippen LogP contribution in [0.2, 0.25) is 0 Å². The molecule has 0 atom stereocenters. The third-order valence-electron chi connectivity index (χ3n) is 2.51. The van der Waals surface area contributed by atoms with Gasteiger partial charge < -0.3 is 4.74 Å². The molecule has 1 aromatic rings. The number of para-hydroxylation sites is 1. The Hall–Kier alpha value is -1.58. The largest absolute Gasteiger partial charge is 0.485 e. The predicted octanol–water partition coefficient (Wildman–Crippen LogP) is 2.87. The number of allylic oxidation sites excluding steroid dienone is 3. The number of hydrogen-bond acceptors (Lipinski definition) is 3. The molecule has 19 heavy (non-hydrogen) atoms. The van der Waals surface area contributed by atoms with Gasteiger partial charge in [-0.05, 0) is 30.4 Å². The monoisotopic (exact) mass is 296 g/mol. The van der Waals surface area contributed by atoms with E-state index >= 15 is 0 Å². The SMILES string of the molecule is O=C(COc1ccccc1)C1=CC(Cl)(Cl)C(=O)C=C1. The van der Waals surface area contributed by atoms with Crippen LogP contribution in [0.3, 0.4) is 0 Å². The van der Waals surface area contributed by atoms with Crippen molar-refractivity contribution in [3.05, 3.63) is 54.1 Å². The van der Waals surface area contributed by atoms with E-state index in [1.807, 2.05) is 6.07 Å². The minimum Gasteiger partial charge on any atom is -0.485 e. The molecule has 0 saturated heterocycles. The highest BCUT2D eigenvalue weighted by Crippen LogP contribution is 2.29. The standard InChI is InChI=1S/C14H10Cl2O3/c15-14(16)8-10(6-7-13(14)18)12(17)9-19-11-4-2-1-3-5-11/h1-8H,9H2. The van der Waals surface area contributed by atoms with E-state index in [9.17, 15) is 9.59 Å². The summed E-state index contributed by atoms with van der Waals surface area (Å²) in [6, 6.07) is 8.95. The van der Waals surface area contributed by atoms with Crippen LogP contribution in [0.15, 0.2) is 54.1 Å². The summed E-state index contributed by atoms with van der Waals surface area (Å²) in [4.78, 5) is 23.2. The number of carbonyl (C=O) groups is 2. The maximum atomic E-state index is 11.9. The maximum Gasteiger partial charge on any atom is 0.200 e. The molecule has 0 heterocycles. The highest BCUT2D eigenvalue weighted by atomic mass is 35.5. The first-order valence-corrected chi connectivity index (χ1v) is 6.29. The summed E-state index contributed by atoms with van der Waals surface area (Å²) < 4.78 is 3.65. The molecule has 0 spiro atoms. The molecular weight excluding hydrogens is 287 g/mol. The molecule has 5 heteroatoms. The van der Waals surface area contributed by atoms with Gasteiger partial charge in [-0.15, -0.1) is 0 Å². The van der Waals surface area contributed by atoms with Crippen molar-refractivity contribution in [3.63, 3.8) is 0 Å². The summed E-state index contributed by atoms with van der Waals surface area (Å²) in [5, 5.41) is 0. The van der Waals surface area contributed by atoms with Crippen LogP contribution in [-0.2, 0) is 9.59 Å². The zero-order valence-corrected chi connectivity index (χ0v) is 11.3. The van der Waals surface area contributed by atoms with Gasteiger partial charge in [0.15, 0.2) is 22.5 Å². The number of rotatable bonds is 4. The molecule has 1 aromatic carbocycles. The molecule has 3 nitrogen and oxygen atoms in total. The summed E-state index contributed by atoms with van der Waals surface area (Å²) in [7, 11) is 0. The zero-order valence-electron chi connectivity index (χ0n) is 9.81. The van der Waals surface area contributed by atoms with E-state index in [1.54, 1.807) is 24.3 Å². The van der Waals surface area contributed by atoms with E-state index in [1.165, 1.54) is 18.2 Å². The highest BCUT2D eigenvalue weighted by Gasteiger charge is 2.33. The second kappa shape index (κ2) is 5.59. The van der Waals surface area contributed by atoms with Crippen molar-refractivity contribution in [3.8, 4) is 5.75 Å². The number of hydrogen-bond donors (Lipinski definition) is 0. The zero-order chi connectivity index (χ0) is 13.9. The molecular formula is C14H10Cl2O3. The van der Waals surface area contributed by atoms with Gasteiger partial charge >= 0.3 is 0 Å². The molecule has 0 unspecified atom stereocenters. The lowest BCUT2D eigenvalue weighted by atomic mass is 10.0. The van der Waals surface area contributed by atoms with Crippen LogP contribution in [0.4, 0.5) is 0 Å². The van der Waals surface area contributed by atoms with Gasteiger partial charge in [-0.1, -0.05) is 41.4 Å². The van der Waals surface area contributed by atoms with Gasteiger partial charge in [-0.2, -0.15) is 0 Å². The first-order chi connectivity index (χ1) is 8.99. The van der Waals surface area contributed by atoms with Crippen molar-refractivity contribution in [2.24, 2.45) is 0 Å². The van der Waals surface area contributed by atoms with Crippen LogP contribution in [0.5, 0.6) is 5.75 Å². The third kappa shape index (κ3) is 3.46. The molecule has 0 fully saturated rings. The number of Topliss-reactive ketones (excluding diaryl/α,β-unsaturated/α-hetero) is 1. The van der Waals surface area contributed by atoms with Gasteiger partial charge in [-0.3, -0.25) is 9.59 Å². The van der Waals surface area contributed by atoms with Gasteiger partial charge in [0, 0.05) is 5.57 Å². The quantitative estimate of drug-likeness (QED) is 0.803. The first-order valence-electron chi connectivity index (χ1n) is 5.53. The van der Waals surface area contributed by atoms with Crippen LogP contribution >= 0.6 is 23.2 Å². The predicted molar refractivity (Wildman–Crippen MR) is 73.6 cm³/mol. The Morgan fingerprint density at radius 2 is 1.84 bits per heavy atom. The molecule has 0 aliphatic heterocycles. The summed E-state index contributed by atoms with van der Waals surface area (Å²) in [6.45, 7) is -0.141. The number of ether oxygens (including phenoxy) is 1. The molecule has 98 valence electrons. The third-order valence-corrected chi connectivity index (χ3v) is 3.11. The molecule has 0 saturated carbocycles. The van der Waals surface area contributed by atoms with Crippen molar-refractivity contribution in [1.29, 1.82) is 0 Å². The maximum absolute atomic E-state index is 11.9. The minimum atomic E-state index is -1.67. The van der Waals surface area contributed by atoms with E-state index in [0.29, 0.717) is 5.75 Å². The van der Waals surface area contributed by atoms with Crippen LogP contribution < -0.4 is 4.74 Å². The smallest absolute Gasteiger partial charge is 0.200 e. The molecule has 0 bridgehead atoms. The fourth-order valence-electron chi connectivity index (χ4n) is 1.51. The lowest BCUT2D eigenvalue weighted by molar-refractivity contribution is -0.117. The van der Waals surface area contributed by atoms with Gasteiger partial charge in [0.25, 0.3) is 0 Å². The van der Waals surface area contributed by atoms with Crippen LogP contribution in [-0.4, -0.2) is 22.5 Å². The minimum absolute atomic E-state index is 0.141. The molecule has 1 aliphatic carbocycles. The topological polar surface area (TPSA) is 43.4 Å². The van der Waals surface area contributed by atoms with E-state index in [0.717, 1.165) is 0 Å². The highest BCUT2D eigenvalue weighted by molar-refractivity contribution is 6.61. The van der Waals surface area contributed by atoms with Crippen molar-refractivity contribution >= 4 is 34.8 Å². The second-order valence-electron chi connectivity index (χ2n) is 3.95. The average Bonchev–Trinajstić information content (AvgIpc) is 2.40. The molecule has 1 aliphatic rings. The Kier molecular flexibility index (Phi) is 4.08. The Morgan fingerprint density at radius 1 is 1.16 bits per heavy atom. The van der Waals surface area contributed by atoms with E-state index in [2.05, 4.69) is 0 Å². The molecule has 0 N–H and O–H groups in total. The number of carbonyl (C=O) groups excluding carboxylic acids is 2. The lowest BCUT2D eigenvalue weighted by Gasteiger charge is -2.16. The van der Waals surface area contributed by atoms with Crippen molar-refractivity contribution in [1.82, 2.24) is 0 Å². The second-order valence-corrected chi connectivity index (χ2v) is 5.33. The Morgan fingerprint density at radius 3 is 2.47 bits per heavy atom.